The van der Waals surface area contributed by atoms with Crippen molar-refractivity contribution in [2.45, 2.75) is 6.42 Å². The molecule has 0 atom stereocenters. The summed E-state index contributed by atoms with van der Waals surface area (Å²) in [7, 11) is 0. The first-order chi connectivity index (χ1) is 12.7. The zero-order valence-electron chi connectivity index (χ0n) is 13.6. The number of nitrogens with one attached hydrogen (secondary N) is 1. The lowest BCUT2D eigenvalue weighted by molar-refractivity contribution is -0.115. The largest absolute Gasteiger partial charge is 0.403 e. The van der Waals surface area contributed by atoms with E-state index in [-0.39, 0.29) is 24.2 Å². The van der Waals surface area contributed by atoms with Crippen molar-refractivity contribution in [3.8, 4) is 11.5 Å². The molecule has 0 aliphatic heterocycles. The van der Waals surface area contributed by atoms with Gasteiger partial charge in [0.1, 0.15) is 5.82 Å². The average Bonchev–Trinajstić information content (AvgIpc) is 3.10. The number of amides is 1. The smallest absolute Gasteiger partial charge is 0.322 e. The molecular weight excluding hydrogens is 333 g/mol. The summed E-state index contributed by atoms with van der Waals surface area (Å²) >= 11 is 0. The molecule has 3 aromatic carbocycles. The molecule has 0 radical (unpaired) electrons. The molecule has 0 bridgehead atoms. The summed E-state index contributed by atoms with van der Waals surface area (Å²) < 4.78 is 18.7. The van der Waals surface area contributed by atoms with Gasteiger partial charge in [-0.25, -0.2) is 4.39 Å². The zero-order chi connectivity index (χ0) is 17.9. The molecule has 1 aromatic heterocycles. The highest BCUT2D eigenvalue weighted by atomic mass is 19.1. The van der Waals surface area contributed by atoms with Crippen molar-refractivity contribution < 1.29 is 13.6 Å². The highest BCUT2D eigenvalue weighted by molar-refractivity contribution is 5.95. The maximum atomic E-state index is 13.3. The first-order valence-corrected chi connectivity index (χ1v) is 8.05. The Hall–Kier alpha value is -3.54. The van der Waals surface area contributed by atoms with Crippen molar-refractivity contribution in [2.24, 2.45) is 0 Å². The Morgan fingerprint density at radius 2 is 1.81 bits per heavy atom. The minimum atomic E-state index is -0.401. The van der Waals surface area contributed by atoms with Crippen molar-refractivity contribution in [3.05, 3.63) is 78.1 Å². The molecule has 6 heteroatoms. The van der Waals surface area contributed by atoms with Gasteiger partial charge in [-0.3, -0.25) is 10.1 Å². The predicted molar refractivity (Wildman–Crippen MR) is 96.0 cm³/mol. The monoisotopic (exact) mass is 347 g/mol. The van der Waals surface area contributed by atoms with Crippen LogP contribution in [0.15, 0.2) is 71.1 Å². The van der Waals surface area contributed by atoms with Crippen LogP contribution in [-0.2, 0) is 11.2 Å². The van der Waals surface area contributed by atoms with Gasteiger partial charge < -0.3 is 4.42 Å². The molecule has 128 valence electrons. The summed E-state index contributed by atoms with van der Waals surface area (Å²) in [5, 5.41) is 12.3. The Labute approximate surface area is 148 Å². The maximum Gasteiger partial charge on any atom is 0.322 e. The van der Waals surface area contributed by atoms with Crippen molar-refractivity contribution in [1.82, 2.24) is 10.2 Å². The number of aromatic nitrogens is 2. The van der Waals surface area contributed by atoms with Crippen LogP contribution in [0.2, 0.25) is 0 Å². The van der Waals surface area contributed by atoms with Gasteiger partial charge in [-0.05, 0) is 34.5 Å². The van der Waals surface area contributed by atoms with E-state index in [1.165, 1.54) is 12.1 Å². The van der Waals surface area contributed by atoms with Gasteiger partial charge in [-0.1, -0.05) is 53.6 Å². The van der Waals surface area contributed by atoms with E-state index < -0.39 is 5.82 Å². The van der Waals surface area contributed by atoms with E-state index in [0.29, 0.717) is 5.56 Å². The number of carbonyl (C=O) groups excluding carboxylic acids is 1. The maximum absolute atomic E-state index is 13.3. The Kier molecular flexibility index (Phi) is 4.15. The van der Waals surface area contributed by atoms with Crippen LogP contribution in [0.25, 0.3) is 22.2 Å². The molecule has 1 heterocycles. The van der Waals surface area contributed by atoms with Gasteiger partial charge in [0, 0.05) is 5.56 Å². The topological polar surface area (TPSA) is 68.0 Å². The molecule has 4 rings (SSSR count). The van der Waals surface area contributed by atoms with Gasteiger partial charge in [0.15, 0.2) is 0 Å². The van der Waals surface area contributed by atoms with E-state index in [9.17, 15) is 9.18 Å². The molecule has 4 aromatic rings. The number of rotatable bonds is 4. The standard InChI is InChI=1S/C20H14FN3O2/c21-16-9-4-8-15(11-16)19-23-24-20(26-19)22-18(25)12-14-7-3-6-13-5-1-2-10-17(13)14/h1-11H,12H2,(H,22,24,25). The molecule has 0 saturated carbocycles. The third-order valence-corrected chi connectivity index (χ3v) is 3.97. The summed E-state index contributed by atoms with van der Waals surface area (Å²) in [5.41, 5.74) is 1.36. The van der Waals surface area contributed by atoms with Crippen LogP contribution >= 0.6 is 0 Å². The van der Waals surface area contributed by atoms with Gasteiger partial charge in [0.25, 0.3) is 0 Å². The van der Waals surface area contributed by atoms with E-state index in [2.05, 4.69) is 15.5 Å². The normalized spacial score (nSPS) is 10.8. The molecule has 0 aliphatic carbocycles. The van der Waals surface area contributed by atoms with Gasteiger partial charge in [0.05, 0.1) is 6.42 Å². The highest BCUT2D eigenvalue weighted by Gasteiger charge is 2.13. The van der Waals surface area contributed by atoms with Gasteiger partial charge in [-0.15, -0.1) is 5.10 Å². The lowest BCUT2D eigenvalue weighted by atomic mass is 10.0. The quantitative estimate of drug-likeness (QED) is 0.600. The number of hydrogen-bond acceptors (Lipinski definition) is 4. The number of nitrogens with zero attached hydrogens (tertiary/aromatic N) is 2. The molecule has 0 fully saturated rings. The summed E-state index contributed by atoms with van der Waals surface area (Å²) in [4.78, 5) is 12.3. The summed E-state index contributed by atoms with van der Waals surface area (Å²) in [6.07, 6.45) is 0.180. The Morgan fingerprint density at radius 1 is 1.00 bits per heavy atom. The fourth-order valence-corrected chi connectivity index (χ4v) is 2.79. The summed E-state index contributed by atoms with van der Waals surface area (Å²) in [5.74, 6) is -0.525. The van der Waals surface area contributed by atoms with Crippen LogP contribution in [0.4, 0.5) is 10.4 Å². The molecule has 0 aliphatic rings. The van der Waals surface area contributed by atoms with Crippen molar-refractivity contribution >= 4 is 22.7 Å². The molecule has 1 amide bonds. The predicted octanol–water partition coefficient (Wildman–Crippen LogP) is 4.21. The Balaban J connectivity index is 1.50. The minimum Gasteiger partial charge on any atom is -0.403 e. The zero-order valence-corrected chi connectivity index (χ0v) is 13.6. The molecule has 5 nitrogen and oxygen atoms in total. The van der Waals surface area contributed by atoms with Crippen LogP contribution in [0, 0.1) is 5.82 Å². The van der Waals surface area contributed by atoms with Crippen LogP contribution in [0.5, 0.6) is 0 Å². The van der Waals surface area contributed by atoms with E-state index in [1.807, 2.05) is 42.5 Å². The van der Waals surface area contributed by atoms with E-state index >= 15 is 0 Å². The second kappa shape index (κ2) is 6.76. The summed E-state index contributed by atoms with van der Waals surface area (Å²) in [6.45, 7) is 0. The van der Waals surface area contributed by atoms with E-state index in [1.54, 1.807) is 12.1 Å². The fourth-order valence-electron chi connectivity index (χ4n) is 2.79. The van der Waals surface area contributed by atoms with E-state index in [4.69, 9.17) is 4.42 Å². The van der Waals surface area contributed by atoms with Crippen molar-refractivity contribution in [1.29, 1.82) is 0 Å². The van der Waals surface area contributed by atoms with Gasteiger partial charge in [0.2, 0.25) is 11.8 Å². The number of halogens is 1. The molecule has 0 saturated heterocycles. The Bertz CT molecular complexity index is 1090. The molecule has 26 heavy (non-hydrogen) atoms. The number of hydrogen-bond donors (Lipinski definition) is 1. The number of carbonyl (C=O) groups is 1. The van der Waals surface area contributed by atoms with Crippen molar-refractivity contribution in [2.75, 3.05) is 5.32 Å². The molecule has 0 unspecified atom stereocenters. The van der Waals surface area contributed by atoms with E-state index in [0.717, 1.165) is 16.3 Å². The second-order valence-electron chi connectivity index (χ2n) is 5.79. The number of anilines is 1. The van der Waals surface area contributed by atoms with Crippen molar-refractivity contribution in [3.63, 3.8) is 0 Å². The average molecular weight is 347 g/mol. The van der Waals surface area contributed by atoms with Gasteiger partial charge in [-0.2, -0.15) is 0 Å². The summed E-state index contributed by atoms with van der Waals surface area (Å²) in [6, 6.07) is 19.5. The lowest BCUT2D eigenvalue weighted by Crippen LogP contribution is -2.14. The third kappa shape index (κ3) is 3.30. The van der Waals surface area contributed by atoms with Gasteiger partial charge >= 0.3 is 6.01 Å². The molecule has 1 N–H and O–H groups in total. The number of fused-ring (bicyclic) bond motifs is 1. The SMILES string of the molecule is O=C(Cc1cccc2ccccc12)Nc1nnc(-c2cccc(F)c2)o1. The molecular formula is C20H14FN3O2. The lowest BCUT2D eigenvalue weighted by Gasteiger charge is -2.05. The second-order valence-corrected chi connectivity index (χ2v) is 5.79. The van der Waals surface area contributed by atoms with Crippen LogP contribution < -0.4 is 5.32 Å². The van der Waals surface area contributed by atoms with Crippen LogP contribution in [0.1, 0.15) is 5.56 Å². The van der Waals surface area contributed by atoms with Crippen LogP contribution in [0.3, 0.4) is 0 Å². The van der Waals surface area contributed by atoms with Crippen LogP contribution in [-0.4, -0.2) is 16.1 Å². The molecule has 0 spiro atoms. The first kappa shape index (κ1) is 16.0. The third-order valence-electron chi connectivity index (χ3n) is 3.97. The minimum absolute atomic E-state index is 0.0190. The Morgan fingerprint density at radius 3 is 2.69 bits per heavy atom. The highest BCUT2D eigenvalue weighted by Crippen LogP contribution is 2.22. The number of benzene rings is 3. The fraction of sp³-hybridized carbons (Fsp3) is 0.0500. The first-order valence-electron chi connectivity index (χ1n) is 8.05.